The van der Waals surface area contributed by atoms with Crippen LogP contribution in [0.25, 0.3) is 0 Å². The SMILES string of the molecule is C/C=C(\C)C(=O)N[C@H](CC(=O)O[C@H]1CC2CC3C(C(=O)[C@H](OC(C)=O)C(=C1C)C2(C)C)[C@@H](O)C[C@H]1OC[C@@]31OC(C)=O)c1ccccc1. The third kappa shape index (κ3) is 6.46. The molecular weight excluding hydrogens is 618 g/mol. The average Bonchev–Trinajstić information content (AvgIpc) is 3.01. The van der Waals surface area contributed by atoms with Crippen LogP contribution in [0.3, 0.4) is 0 Å². The van der Waals surface area contributed by atoms with E-state index in [9.17, 15) is 29.1 Å². The monoisotopic (exact) mass is 665 g/mol. The predicted molar refractivity (Wildman–Crippen MR) is 173 cm³/mol. The Hall–Kier alpha value is -3.83. The minimum Gasteiger partial charge on any atom is -0.458 e. The van der Waals surface area contributed by atoms with Gasteiger partial charge in [-0.2, -0.15) is 0 Å². The van der Waals surface area contributed by atoms with E-state index in [1.807, 2.05) is 44.2 Å². The van der Waals surface area contributed by atoms with Gasteiger partial charge < -0.3 is 29.4 Å². The van der Waals surface area contributed by atoms with Crippen molar-refractivity contribution in [1.29, 1.82) is 0 Å². The van der Waals surface area contributed by atoms with Crippen LogP contribution in [0.15, 0.2) is 53.1 Å². The van der Waals surface area contributed by atoms with Crippen molar-refractivity contribution in [3.8, 4) is 0 Å². The number of esters is 3. The molecule has 4 aliphatic rings. The Balaban J connectivity index is 1.51. The third-order valence-electron chi connectivity index (χ3n) is 11.1. The van der Waals surface area contributed by atoms with Crippen molar-refractivity contribution in [2.45, 2.75) is 110 Å². The molecule has 11 heteroatoms. The molecule has 3 aliphatic carbocycles. The Bertz CT molecular complexity index is 1530. The van der Waals surface area contributed by atoms with Gasteiger partial charge in [0.05, 0.1) is 31.1 Å². The fraction of sp³-hybridized carbons (Fsp3) is 0.595. The van der Waals surface area contributed by atoms with Crippen LogP contribution in [0.5, 0.6) is 0 Å². The molecule has 1 amide bonds. The fourth-order valence-electron chi connectivity index (χ4n) is 8.41. The van der Waals surface area contributed by atoms with E-state index in [2.05, 4.69) is 5.32 Å². The van der Waals surface area contributed by atoms with Gasteiger partial charge in [0.2, 0.25) is 5.91 Å². The lowest BCUT2D eigenvalue weighted by Gasteiger charge is -2.61. The zero-order valence-corrected chi connectivity index (χ0v) is 28.7. The number of allylic oxidation sites excluding steroid dienone is 1. The van der Waals surface area contributed by atoms with E-state index in [4.69, 9.17) is 18.9 Å². The third-order valence-corrected chi connectivity index (χ3v) is 11.1. The summed E-state index contributed by atoms with van der Waals surface area (Å²) in [6.07, 6.45) is -1.36. The van der Waals surface area contributed by atoms with Crippen molar-refractivity contribution < 1.29 is 48.0 Å². The van der Waals surface area contributed by atoms with Gasteiger partial charge in [0.15, 0.2) is 17.5 Å². The van der Waals surface area contributed by atoms with Gasteiger partial charge in [-0.25, -0.2) is 0 Å². The van der Waals surface area contributed by atoms with Crippen LogP contribution in [0.4, 0.5) is 0 Å². The molecule has 3 unspecified atom stereocenters. The topological polar surface area (TPSA) is 155 Å². The van der Waals surface area contributed by atoms with Crippen molar-refractivity contribution in [1.82, 2.24) is 5.32 Å². The van der Waals surface area contributed by atoms with E-state index in [1.165, 1.54) is 13.8 Å². The van der Waals surface area contributed by atoms with E-state index < -0.39 is 77.0 Å². The second-order valence-electron chi connectivity index (χ2n) is 14.3. The lowest BCUT2D eigenvalue weighted by molar-refractivity contribution is -0.308. The van der Waals surface area contributed by atoms with Crippen LogP contribution in [0.1, 0.15) is 85.8 Å². The molecule has 2 bridgehead atoms. The van der Waals surface area contributed by atoms with Crippen LogP contribution >= 0.6 is 0 Å². The normalized spacial score (nSPS) is 33.0. The molecule has 11 nitrogen and oxygen atoms in total. The Morgan fingerprint density at radius 3 is 2.31 bits per heavy atom. The number of fused-ring (bicyclic) bond motifs is 5. The van der Waals surface area contributed by atoms with E-state index in [0.717, 1.165) is 5.56 Å². The zero-order valence-electron chi connectivity index (χ0n) is 28.7. The maximum Gasteiger partial charge on any atom is 0.308 e. The number of hydrogen-bond acceptors (Lipinski definition) is 10. The van der Waals surface area contributed by atoms with Crippen LogP contribution in [-0.2, 0) is 42.9 Å². The molecule has 1 heterocycles. The van der Waals surface area contributed by atoms with E-state index in [1.54, 1.807) is 26.8 Å². The highest BCUT2D eigenvalue weighted by atomic mass is 16.6. The molecule has 1 saturated heterocycles. The van der Waals surface area contributed by atoms with Gasteiger partial charge in [-0.05, 0) is 61.7 Å². The van der Waals surface area contributed by atoms with Crippen LogP contribution in [0, 0.1) is 23.2 Å². The van der Waals surface area contributed by atoms with Crippen LogP contribution in [0.2, 0.25) is 0 Å². The van der Waals surface area contributed by atoms with Gasteiger partial charge in [-0.3, -0.25) is 24.0 Å². The van der Waals surface area contributed by atoms with Crippen molar-refractivity contribution in [3.63, 3.8) is 0 Å². The number of nitrogens with one attached hydrogen (secondary N) is 1. The number of carbonyl (C=O) groups excluding carboxylic acids is 5. The number of amides is 1. The number of Topliss-reactive ketones (excluding diaryl/α,β-unsaturated/α-hetero) is 1. The highest BCUT2D eigenvalue weighted by molar-refractivity contribution is 5.93. The first-order valence-electron chi connectivity index (χ1n) is 16.7. The van der Waals surface area contributed by atoms with E-state index in [0.29, 0.717) is 29.6 Å². The summed E-state index contributed by atoms with van der Waals surface area (Å²) in [5, 5.41) is 14.3. The standard InChI is InChI=1S/C37H47NO10/c1-8-19(2)35(44)38-26(23-12-10-9-11-13-23)16-30(42)47-28-15-24-14-25-31(27(41)17-29-37(25,18-45-29)48-22(5)40)33(43)34(46-21(4)39)32(20(28)3)36(24,6)7/h8-13,24-29,31,34,41H,14-18H2,1-7H3,(H,38,44)/b19-8+/t24?,25?,26-,27+,28+,29-,31?,34-,37-/m1/s1. The number of hydrogen-bond donors (Lipinski definition) is 2. The minimum atomic E-state index is -1.34. The summed E-state index contributed by atoms with van der Waals surface area (Å²) in [7, 11) is 0. The Kier molecular flexibility index (Phi) is 10.0. The highest BCUT2D eigenvalue weighted by Gasteiger charge is 2.67. The van der Waals surface area contributed by atoms with Crippen molar-refractivity contribution in [2.75, 3.05) is 6.61 Å². The highest BCUT2D eigenvalue weighted by Crippen LogP contribution is 2.58. The number of ketones is 1. The second kappa shape index (κ2) is 13.6. The maximum atomic E-state index is 14.5. The average molecular weight is 666 g/mol. The van der Waals surface area contributed by atoms with Crippen molar-refractivity contribution >= 4 is 29.6 Å². The van der Waals surface area contributed by atoms with Gasteiger partial charge in [0.1, 0.15) is 12.2 Å². The Morgan fingerprint density at radius 1 is 1.04 bits per heavy atom. The van der Waals surface area contributed by atoms with Gasteiger partial charge in [0, 0.05) is 31.8 Å². The Morgan fingerprint density at radius 2 is 1.73 bits per heavy atom. The number of aliphatic hydroxyl groups is 1. The van der Waals surface area contributed by atoms with Crippen molar-refractivity contribution in [2.24, 2.45) is 23.2 Å². The molecule has 9 atom stereocenters. The zero-order chi connectivity index (χ0) is 35.1. The predicted octanol–water partition coefficient (Wildman–Crippen LogP) is 4.08. The van der Waals surface area contributed by atoms with Gasteiger partial charge in [0.25, 0.3) is 0 Å². The lowest BCUT2D eigenvalue weighted by Crippen LogP contribution is -2.73. The number of aliphatic hydroxyl groups excluding tert-OH is 1. The first-order valence-corrected chi connectivity index (χ1v) is 16.7. The number of rotatable bonds is 8. The Labute approximate surface area is 281 Å². The molecule has 260 valence electrons. The number of carbonyl (C=O) groups is 5. The van der Waals surface area contributed by atoms with Crippen molar-refractivity contribution in [3.05, 3.63) is 58.7 Å². The molecule has 48 heavy (non-hydrogen) atoms. The molecule has 0 spiro atoms. The quantitative estimate of drug-likeness (QED) is 0.180. The summed E-state index contributed by atoms with van der Waals surface area (Å²) in [6, 6.07) is 8.52. The fourth-order valence-corrected chi connectivity index (χ4v) is 8.41. The summed E-state index contributed by atoms with van der Waals surface area (Å²) in [5.74, 6) is -4.32. The summed E-state index contributed by atoms with van der Waals surface area (Å²) >= 11 is 0. The number of benzene rings is 1. The molecule has 3 fully saturated rings. The van der Waals surface area contributed by atoms with Gasteiger partial charge >= 0.3 is 17.9 Å². The minimum absolute atomic E-state index is 0.0865. The molecule has 2 saturated carbocycles. The molecule has 5 rings (SSSR count). The van der Waals surface area contributed by atoms with Gasteiger partial charge in [-0.15, -0.1) is 0 Å². The first kappa shape index (κ1) is 35.5. The first-order chi connectivity index (χ1) is 22.6. The molecule has 0 aromatic heterocycles. The largest absolute Gasteiger partial charge is 0.458 e. The summed E-state index contributed by atoms with van der Waals surface area (Å²) in [4.78, 5) is 65.9. The molecule has 0 radical (unpaired) electrons. The molecule has 1 aromatic carbocycles. The summed E-state index contributed by atoms with van der Waals surface area (Å²) < 4.78 is 23.7. The van der Waals surface area contributed by atoms with Gasteiger partial charge in [-0.1, -0.05) is 50.3 Å². The lowest BCUT2D eigenvalue weighted by atomic mass is 9.52. The van der Waals surface area contributed by atoms with E-state index in [-0.39, 0.29) is 31.3 Å². The smallest absolute Gasteiger partial charge is 0.308 e. The number of ether oxygens (including phenoxy) is 4. The molecular formula is C37H47NO10. The molecule has 2 N–H and O–H groups in total. The summed E-state index contributed by atoms with van der Waals surface area (Å²) in [5.41, 5.74) is 0.599. The second-order valence-corrected chi connectivity index (χ2v) is 14.3. The summed E-state index contributed by atoms with van der Waals surface area (Å²) in [6.45, 7) is 11.8. The van der Waals surface area contributed by atoms with E-state index >= 15 is 0 Å². The molecule has 1 aromatic rings. The van der Waals surface area contributed by atoms with Crippen LogP contribution in [-0.4, -0.2) is 71.3 Å². The van der Waals surface area contributed by atoms with Crippen LogP contribution < -0.4 is 5.32 Å². The maximum absolute atomic E-state index is 14.5. The molecule has 1 aliphatic heterocycles.